The second-order valence-electron chi connectivity index (χ2n) is 6.08. The first-order chi connectivity index (χ1) is 10.0. The van der Waals surface area contributed by atoms with Crippen LogP contribution in [0, 0.1) is 0 Å². The predicted molar refractivity (Wildman–Crippen MR) is 76.5 cm³/mol. The van der Waals surface area contributed by atoms with Gasteiger partial charge in [0.25, 0.3) is 5.91 Å². The largest absolute Gasteiger partial charge is 0.325 e. The second kappa shape index (κ2) is 5.14. The molecule has 0 bridgehead atoms. The Bertz CT molecular complexity index is 542. The summed E-state index contributed by atoms with van der Waals surface area (Å²) in [6, 6.07) is 1.53. The number of amides is 3. The van der Waals surface area contributed by atoms with E-state index in [1.54, 1.807) is 6.20 Å². The Labute approximate surface area is 123 Å². The predicted octanol–water partition coefficient (Wildman–Crippen LogP) is 0.288. The van der Waals surface area contributed by atoms with Gasteiger partial charge in [-0.3, -0.25) is 19.3 Å². The molecule has 114 valence electrons. The highest BCUT2D eigenvalue weighted by molar-refractivity contribution is 6.07. The molecular weight excluding hydrogens is 270 g/mol. The Kier molecular flexibility index (Phi) is 3.44. The maximum Gasteiger partial charge on any atom is 0.325 e. The van der Waals surface area contributed by atoms with Crippen LogP contribution in [-0.2, 0) is 11.3 Å². The molecule has 2 aliphatic rings. The minimum Gasteiger partial charge on any atom is -0.322 e. The van der Waals surface area contributed by atoms with E-state index in [-0.39, 0.29) is 18.0 Å². The Morgan fingerprint density at radius 1 is 1.38 bits per heavy atom. The van der Waals surface area contributed by atoms with Crippen LogP contribution in [0.1, 0.15) is 20.3 Å². The van der Waals surface area contributed by atoms with Crippen molar-refractivity contribution in [2.45, 2.75) is 38.4 Å². The lowest BCUT2D eigenvalue weighted by Gasteiger charge is -2.23. The minimum atomic E-state index is -0.717. The van der Waals surface area contributed by atoms with Gasteiger partial charge in [-0.25, -0.2) is 4.79 Å². The van der Waals surface area contributed by atoms with Crippen LogP contribution in [0.2, 0.25) is 0 Å². The summed E-state index contributed by atoms with van der Waals surface area (Å²) in [4.78, 5) is 28.1. The fourth-order valence-electron chi connectivity index (χ4n) is 3.14. The molecule has 3 amide bonds. The standard InChI is InChI=1S/C14H21N5O2/c1-11(2)19-12(20)14(16-13(19)21)4-7-17(10-14)8-9-18-6-3-5-15-18/h3,5-6,11H,4,7-10H2,1-2H3,(H,16,21)/t14-/m0/s1. The van der Waals surface area contributed by atoms with Gasteiger partial charge in [0, 0.05) is 38.1 Å². The van der Waals surface area contributed by atoms with Crippen molar-refractivity contribution >= 4 is 11.9 Å². The van der Waals surface area contributed by atoms with E-state index in [0.717, 1.165) is 19.6 Å². The molecule has 1 aromatic heterocycles. The quantitative estimate of drug-likeness (QED) is 0.809. The molecule has 0 unspecified atom stereocenters. The van der Waals surface area contributed by atoms with Crippen LogP contribution in [0.4, 0.5) is 4.79 Å². The van der Waals surface area contributed by atoms with Crippen LogP contribution in [0.15, 0.2) is 18.5 Å². The zero-order valence-electron chi connectivity index (χ0n) is 12.5. The van der Waals surface area contributed by atoms with Gasteiger partial charge in [0.1, 0.15) is 5.54 Å². The molecule has 1 spiro atoms. The molecule has 1 atom stereocenters. The summed E-state index contributed by atoms with van der Waals surface area (Å²) in [5.74, 6) is -0.0795. The highest BCUT2D eigenvalue weighted by Gasteiger charge is 2.54. The van der Waals surface area contributed by atoms with Gasteiger partial charge < -0.3 is 5.32 Å². The molecule has 0 saturated carbocycles. The summed E-state index contributed by atoms with van der Waals surface area (Å²) in [6.45, 7) is 6.75. The summed E-state index contributed by atoms with van der Waals surface area (Å²) in [5, 5.41) is 7.08. The highest BCUT2D eigenvalue weighted by Crippen LogP contribution is 2.29. The van der Waals surface area contributed by atoms with Gasteiger partial charge in [-0.1, -0.05) is 0 Å². The van der Waals surface area contributed by atoms with E-state index >= 15 is 0 Å². The van der Waals surface area contributed by atoms with E-state index in [9.17, 15) is 9.59 Å². The molecule has 7 heteroatoms. The fraction of sp³-hybridized carbons (Fsp3) is 0.643. The molecule has 2 fully saturated rings. The highest BCUT2D eigenvalue weighted by atomic mass is 16.2. The molecule has 3 rings (SSSR count). The number of carbonyl (C=O) groups is 2. The summed E-state index contributed by atoms with van der Waals surface area (Å²) < 4.78 is 1.88. The normalized spacial score (nSPS) is 26.3. The summed E-state index contributed by atoms with van der Waals surface area (Å²) in [7, 11) is 0. The topological polar surface area (TPSA) is 70.5 Å². The van der Waals surface area contributed by atoms with E-state index < -0.39 is 5.54 Å². The molecule has 7 nitrogen and oxygen atoms in total. The summed E-state index contributed by atoms with van der Waals surface area (Å²) in [5.41, 5.74) is -0.717. The maximum absolute atomic E-state index is 12.6. The molecular formula is C14H21N5O2. The Morgan fingerprint density at radius 3 is 2.81 bits per heavy atom. The van der Waals surface area contributed by atoms with E-state index in [0.29, 0.717) is 13.0 Å². The fourth-order valence-corrected chi connectivity index (χ4v) is 3.14. The van der Waals surface area contributed by atoms with Crippen LogP contribution in [0.25, 0.3) is 0 Å². The number of rotatable bonds is 4. The van der Waals surface area contributed by atoms with Gasteiger partial charge in [-0.05, 0) is 26.3 Å². The molecule has 21 heavy (non-hydrogen) atoms. The molecule has 1 aromatic rings. The zero-order chi connectivity index (χ0) is 15.0. The molecule has 0 aromatic carbocycles. The zero-order valence-corrected chi connectivity index (χ0v) is 12.5. The van der Waals surface area contributed by atoms with Crippen molar-refractivity contribution in [2.24, 2.45) is 0 Å². The third-order valence-electron chi connectivity index (χ3n) is 4.26. The first-order valence-corrected chi connectivity index (χ1v) is 7.37. The van der Waals surface area contributed by atoms with Crippen molar-refractivity contribution in [2.75, 3.05) is 19.6 Å². The van der Waals surface area contributed by atoms with E-state index in [2.05, 4.69) is 15.3 Å². The Morgan fingerprint density at radius 2 is 2.19 bits per heavy atom. The van der Waals surface area contributed by atoms with E-state index in [1.165, 1.54) is 4.90 Å². The number of hydrogen-bond acceptors (Lipinski definition) is 4. The van der Waals surface area contributed by atoms with Crippen molar-refractivity contribution in [1.29, 1.82) is 0 Å². The van der Waals surface area contributed by atoms with Gasteiger partial charge in [-0.15, -0.1) is 0 Å². The average molecular weight is 291 g/mol. The number of aromatic nitrogens is 2. The van der Waals surface area contributed by atoms with Crippen molar-refractivity contribution in [3.05, 3.63) is 18.5 Å². The third-order valence-corrected chi connectivity index (χ3v) is 4.26. The first kappa shape index (κ1) is 14.1. The maximum atomic E-state index is 12.6. The molecule has 0 radical (unpaired) electrons. The number of nitrogens with one attached hydrogen (secondary N) is 1. The van der Waals surface area contributed by atoms with E-state index in [1.807, 2.05) is 30.8 Å². The number of likely N-dealkylation sites (tertiary alicyclic amines) is 1. The second-order valence-corrected chi connectivity index (χ2v) is 6.08. The monoisotopic (exact) mass is 291 g/mol. The SMILES string of the molecule is CC(C)N1C(=O)N[C@]2(CCN(CCn3cccn3)C2)C1=O. The summed E-state index contributed by atoms with van der Waals surface area (Å²) in [6.07, 6.45) is 4.36. The van der Waals surface area contributed by atoms with Gasteiger partial charge in [0.2, 0.25) is 0 Å². The minimum absolute atomic E-state index is 0.0795. The molecule has 1 N–H and O–H groups in total. The van der Waals surface area contributed by atoms with Gasteiger partial charge in [-0.2, -0.15) is 5.10 Å². The number of nitrogens with zero attached hydrogens (tertiary/aromatic N) is 4. The number of carbonyl (C=O) groups excluding carboxylic acids is 2. The lowest BCUT2D eigenvalue weighted by atomic mass is 9.99. The van der Waals surface area contributed by atoms with Crippen LogP contribution in [0.5, 0.6) is 0 Å². The third kappa shape index (κ3) is 2.42. The van der Waals surface area contributed by atoms with Crippen LogP contribution in [-0.4, -0.2) is 62.7 Å². The van der Waals surface area contributed by atoms with Gasteiger partial charge in [0.05, 0.1) is 6.54 Å². The molecule has 0 aliphatic carbocycles. The molecule has 2 saturated heterocycles. The first-order valence-electron chi connectivity index (χ1n) is 7.37. The number of imide groups is 1. The number of hydrogen-bond donors (Lipinski definition) is 1. The van der Waals surface area contributed by atoms with E-state index in [4.69, 9.17) is 0 Å². The molecule has 2 aliphatic heterocycles. The van der Waals surface area contributed by atoms with Crippen LogP contribution in [0.3, 0.4) is 0 Å². The Hall–Kier alpha value is -1.89. The Balaban J connectivity index is 1.63. The lowest BCUT2D eigenvalue weighted by molar-refractivity contribution is -0.132. The van der Waals surface area contributed by atoms with Gasteiger partial charge >= 0.3 is 6.03 Å². The van der Waals surface area contributed by atoms with Crippen molar-refractivity contribution in [1.82, 2.24) is 24.9 Å². The van der Waals surface area contributed by atoms with Crippen LogP contribution < -0.4 is 5.32 Å². The smallest absolute Gasteiger partial charge is 0.322 e. The lowest BCUT2D eigenvalue weighted by Crippen LogP contribution is -2.49. The van der Waals surface area contributed by atoms with Crippen molar-refractivity contribution in [3.8, 4) is 0 Å². The summed E-state index contributed by atoms with van der Waals surface area (Å²) >= 11 is 0. The van der Waals surface area contributed by atoms with Crippen molar-refractivity contribution < 1.29 is 9.59 Å². The van der Waals surface area contributed by atoms with Gasteiger partial charge in [0.15, 0.2) is 0 Å². The molecule has 3 heterocycles. The average Bonchev–Trinajstić information content (AvgIpc) is 3.09. The number of urea groups is 1. The van der Waals surface area contributed by atoms with Crippen molar-refractivity contribution in [3.63, 3.8) is 0 Å². The van der Waals surface area contributed by atoms with Crippen LogP contribution >= 0.6 is 0 Å².